The highest BCUT2D eigenvalue weighted by Gasteiger charge is 2.21. The Labute approximate surface area is 99.5 Å². The molecule has 0 unspecified atom stereocenters. The average Bonchev–Trinajstić information content (AvgIpc) is 3.11. The standard InChI is InChI=1S/C13H26N2O/c1-2-16-13-5-8-15(9-6-13)10-7-14-11-12-3-4-12/h12-14H,2-11H2,1H3. The van der Waals surface area contributed by atoms with Gasteiger partial charge in [0.1, 0.15) is 0 Å². The molecule has 1 aliphatic heterocycles. The Bertz CT molecular complexity index is 186. The van der Waals surface area contributed by atoms with E-state index >= 15 is 0 Å². The Hall–Kier alpha value is -0.120. The van der Waals surface area contributed by atoms with E-state index < -0.39 is 0 Å². The lowest BCUT2D eigenvalue weighted by Gasteiger charge is -2.31. The maximum atomic E-state index is 5.65. The fraction of sp³-hybridized carbons (Fsp3) is 1.00. The van der Waals surface area contributed by atoms with Gasteiger partial charge in [-0.05, 0) is 45.1 Å². The second kappa shape index (κ2) is 6.58. The number of nitrogens with zero attached hydrogens (tertiary/aromatic N) is 1. The second-order valence-corrected chi connectivity index (χ2v) is 5.14. The smallest absolute Gasteiger partial charge is 0.0599 e. The van der Waals surface area contributed by atoms with Gasteiger partial charge in [-0.2, -0.15) is 0 Å². The van der Waals surface area contributed by atoms with Crippen LogP contribution in [-0.2, 0) is 4.74 Å². The molecule has 16 heavy (non-hydrogen) atoms. The van der Waals surface area contributed by atoms with Gasteiger partial charge >= 0.3 is 0 Å². The first-order valence-corrected chi connectivity index (χ1v) is 6.93. The molecule has 1 N–H and O–H groups in total. The molecule has 0 spiro atoms. The first-order valence-electron chi connectivity index (χ1n) is 6.93. The van der Waals surface area contributed by atoms with Gasteiger partial charge in [0.2, 0.25) is 0 Å². The lowest BCUT2D eigenvalue weighted by Crippen LogP contribution is -2.40. The van der Waals surface area contributed by atoms with Gasteiger partial charge in [0.15, 0.2) is 0 Å². The van der Waals surface area contributed by atoms with Crippen LogP contribution in [0.25, 0.3) is 0 Å². The summed E-state index contributed by atoms with van der Waals surface area (Å²) in [5.41, 5.74) is 0. The highest BCUT2D eigenvalue weighted by Crippen LogP contribution is 2.27. The lowest BCUT2D eigenvalue weighted by molar-refractivity contribution is 0.0146. The van der Waals surface area contributed by atoms with E-state index in [9.17, 15) is 0 Å². The molecular weight excluding hydrogens is 200 g/mol. The van der Waals surface area contributed by atoms with Crippen molar-refractivity contribution in [3.05, 3.63) is 0 Å². The third kappa shape index (κ3) is 4.40. The van der Waals surface area contributed by atoms with Gasteiger partial charge in [-0.25, -0.2) is 0 Å². The maximum Gasteiger partial charge on any atom is 0.0599 e. The molecule has 1 saturated heterocycles. The third-order valence-electron chi connectivity index (χ3n) is 3.67. The van der Waals surface area contributed by atoms with Gasteiger partial charge in [-0.3, -0.25) is 0 Å². The molecule has 2 rings (SSSR count). The highest BCUT2D eigenvalue weighted by molar-refractivity contribution is 4.76. The molecule has 0 amide bonds. The maximum absolute atomic E-state index is 5.65. The van der Waals surface area contributed by atoms with Gasteiger partial charge in [0, 0.05) is 32.8 Å². The summed E-state index contributed by atoms with van der Waals surface area (Å²) in [6.45, 7) is 9.02. The minimum Gasteiger partial charge on any atom is -0.378 e. The van der Waals surface area contributed by atoms with Crippen LogP contribution in [0.3, 0.4) is 0 Å². The Kier molecular flexibility index (Phi) is 5.07. The second-order valence-electron chi connectivity index (χ2n) is 5.14. The van der Waals surface area contributed by atoms with E-state index in [0.717, 1.165) is 19.1 Å². The van der Waals surface area contributed by atoms with Gasteiger partial charge in [0.05, 0.1) is 6.10 Å². The summed E-state index contributed by atoms with van der Waals surface area (Å²) in [7, 11) is 0. The molecule has 3 nitrogen and oxygen atoms in total. The summed E-state index contributed by atoms with van der Waals surface area (Å²) in [6, 6.07) is 0. The SMILES string of the molecule is CCOC1CCN(CCNCC2CC2)CC1. The van der Waals surface area contributed by atoms with Crippen LogP contribution < -0.4 is 5.32 Å². The Morgan fingerprint density at radius 3 is 2.56 bits per heavy atom. The van der Waals surface area contributed by atoms with Crippen LogP contribution in [0.5, 0.6) is 0 Å². The molecule has 0 aromatic rings. The van der Waals surface area contributed by atoms with Gasteiger partial charge in [-0.15, -0.1) is 0 Å². The molecule has 2 fully saturated rings. The fourth-order valence-electron chi connectivity index (χ4n) is 2.40. The van der Waals surface area contributed by atoms with E-state index in [1.165, 1.54) is 51.9 Å². The lowest BCUT2D eigenvalue weighted by atomic mass is 10.1. The van der Waals surface area contributed by atoms with Crippen molar-refractivity contribution < 1.29 is 4.74 Å². The Balaban J connectivity index is 1.47. The van der Waals surface area contributed by atoms with Gasteiger partial charge in [-0.1, -0.05) is 0 Å². The largest absolute Gasteiger partial charge is 0.378 e. The van der Waals surface area contributed by atoms with Crippen molar-refractivity contribution >= 4 is 0 Å². The number of piperidine rings is 1. The summed E-state index contributed by atoms with van der Waals surface area (Å²) in [6.07, 6.45) is 5.87. The molecule has 0 bridgehead atoms. The predicted molar refractivity (Wildman–Crippen MR) is 66.7 cm³/mol. The van der Waals surface area contributed by atoms with Crippen LogP contribution in [0.1, 0.15) is 32.6 Å². The normalized spacial score (nSPS) is 23.8. The van der Waals surface area contributed by atoms with Crippen molar-refractivity contribution in [2.75, 3.05) is 39.3 Å². The summed E-state index contributed by atoms with van der Waals surface area (Å²) >= 11 is 0. The minimum atomic E-state index is 0.528. The van der Waals surface area contributed by atoms with E-state index in [4.69, 9.17) is 4.74 Å². The number of likely N-dealkylation sites (tertiary alicyclic amines) is 1. The quantitative estimate of drug-likeness (QED) is 0.666. The van der Waals surface area contributed by atoms with Gasteiger partial charge in [0.25, 0.3) is 0 Å². The van der Waals surface area contributed by atoms with E-state index in [0.29, 0.717) is 6.10 Å². The summed E-state index contributed by atoms with van der Waals surface area (Å²) in [5.74, 6) is 1.00. The van der Waals surface area contributed by atoms with Crippen LogP contribution in [0.4, 0.5) is 0 Å². The van der Waals surface area contributed by atoms with Crippen molar-refractivity contribution in [3.63, 3.8) is 0 Å². The average molecular weight is 226 g/mol. The first kappa shape index (κ1) is 12.3. The number of rotatable bonds is 7. The van der Waals surface area contributed by atoms with Crippen molar-refractivity contribution in [1.29, 1.82) is 0 Å². The van der Waals surface area contributed by atoms with Crippen LogP contribution in [-0.4, -0.2) is 50.3 Å². The van der Waals surface area contributed by atoms with E-state index in [1.54, 1.807) is 0 Å². The molecule has 94 valence electrons. The van der Waals surface area contributed by atoms with E-state index in [1.807, 2.05) is 0 Å². The molecule has 0 atom stereocenters. The Morgan fingerprint density at radius 2 is 1.94 bits per heavy atom. The molecule has 0 aromatic heterocycles. The first-order chi connectivity index (χ1) is 7.88. The molecule has 3 heteroatoms. The molecule has 0 aromatic carbocycles. The monoisotopic (exact) mass is 226 g/mol. The van der Waals surface area contributed by atoms with Crippen molar-refractivity contribution in [2.24, 2.45) is 5.92 Å². The highest BCUT2D eigenvalue weighted by atomic mass is 16.5. The van der Waals surface area contributed by atoms with Crippen LogP contribution in [0.15, 0.2) is 0 Å². The van der Waals surface area contributed by atoms with Crippen molar-refractivity contribution in [3.8, 4) is 0 Å². The molecule has 1 aliphatic carbocycles. The number of hydrogen-bond acceptors (Lipinski definition) is 3. The fourth-order valence-corrected chi connectivity index (χ4v) is 2.40. The van der Waals surface area contributed by atoms with Crippen LogP contribution in [0.2, 0.25) is 0 Å². The zero-order chi connectivity index (χ0) is 11.2. The molecular formula is C13H26N2O. The number of hydrogen-bond donors (Lipinski definition) is 1. The predicted octanol–water partition coefficient (Wildman–Crippen LogP) is 1.49. The van der Waals surface area contributed by atoms with Crippen LogP contribution >= 0.6 is 0 Å². The number of nitrogens with one attached hydrogen (secondary N) is 1. The van der Waals surface area contributed by atoms with Gasteiger partial charge < -0.3 is 15.0 Å². The molecule has 0 radical (unpaired) electrons. The third-order valence-corrected chi connectivity index (χ3v) is 3.67. The van der Waals surface area contributed by atoms with E-state index in [-0.39, 0.29) is 0 Å². The zero-order valence-corrected chi connectivity index (χ0v) is 10.6. The zero-order valence-electron chi connectivity index (χ0n) is 10.6. The molecule has 2 aliphatic rings. The topological polar surface area (TPSA) is 24.5 Å². The summed E-state index contributed by atoms with van der Waals surface area (Å²) in [4.78, 5) is 2.56. The van der Waals surface area contributed by atoms with Crippen LogP contribution in [0, 0.1) is 5.92 Å². The summed E-state index contributed by atoms with van der Waals surface area (Å²) in [5, 5.41) is 3.56. The molecule has 1 saturated carbocycles. The van der Waals surface area contributed by atoms with Crippen molar-refractivity contribution in [2.45, 2.75) is 38.7 Å². The Morgan fingerprint density at radius 1 is 1.19 bits per heavy atom. The number of ether oxygens (including phenoxy) is 1. The molecule has 1 heterocycles. The van der Waals surface area contributed by atoms with Crippen molar-refractivity contribution in [1.82, 2.24) is 10.2 Å². The van der Waals surface area contributed by atoms with E-state index in [2.05, 4.69) is 17.1 Å². The minimum absolute atomic E-state index is 0.528. The summed E-state index contributed by atoms with van der Waals surface area (Å²) < 4.78 is 5.65.